The van der Waals surface area contributed by atoms with Gasteiger partial charge in [-0.25, -0.2) is 0 Å². The molecule has 0 heterocycles. The molecule has 2 N–H and O–H groups in total. The van der Waals surface area contributed by atoms with Crippen LogP contribution in [0.3, 0.4) is 0 Å². The van der Waals surface area contributed by atoms with Crippen LogP contribution in [0.4, 0.5) is 0 Å². The molecule has 0 spiro atoms. The number of nitrogens with one attached hydrogen (secondary N) is 1. The molecule has 18 heavy (non-hydrogen) atoms. The molecule has 0 fully saturated rings. The third kappa shape index (κ3) is 5.10. The Morgan fingerprint density at radius 3 is 2.61 bits per heavy atom. The van der Waals surface area contributed by atoms with E-state index in [-0.39, 0.29) is 23.7 Å². The van der Waals surface area contributed by atoms with Gasteiger partial charge in [0, 0.05) is 18.0 Å². The number of hydrogen-bond donors (Lipinski definition) is 2. The minimum atomic E-state index is -0.0710. The van der Waals surface area contributed by atoms with Crippen molar-refractivity contribution in [3.8, 4) is 0 Å². The van der Waals surface area contributed by atoms with Gasteiger partial charge in [0.05, 0.1) is 5.25 Å². The van der Waals surface area contributed by atoms with E-state index in [0.717, 1.165) is 11.3 Å². The largest absolute Gasteiger partial charge is 0.396 e. The Hall–Kier alpha value is -1.00. The molecule has 4 heteroatoms. The summed E-state index contributed by atoms with van der Waals surface area (Å²) in [5, 5.41) is 11.7. The number of aliphatic hydroxyl groups excluding tert-OH is 1. The summed E-state index contributed by atoms with van der Waals surface area (Å²) in [4.78, 5) is 13.1. The predicted molar refractivity (Wildman–Crippen MR) is 75.6 cm³/mol. The zero-order valence-corrected chi connectivity index (χ0v) is 11.7. The van der Waals surface area contributed by atoms with E-state index in [0.29, 0.717) is 6.54 Å². The van der Waals surface area contributed by atoms with Crippen molar-refractivity contribution in [2.75, 3.05) is 13.2 Å². The number of thioether (sulfide) groups is 1. The van der Waals surface area contributed by atoms with Gasteiger partial charge in [0.2, 0.25) is 5.91 Å². The summed E-state index contributed by atoms with van der Waals surface area (Å²) in [7, 11) is 0. The maximum Gasteiger partial charge on any atom is 0.233 e. The quantitative estimate of drug-likeness (QED) is 0.745. The van der Waals surface area contributed by atoms with Crippen molar-refractivity contribution in [2.45, 2.75) is 30.4 Å². The van der Waals surface area contributed by atoms with Gasteiger partial charge < -0.3 is 10.4 Å². The number of benzene rings is 1. The third-order valence-electron chi connectivity index (χ3n) is 2.62. The van der Waals surface area contributed by atoms with Crippen molar-refractivity contribution < 1.29 is 9.90 Å². The van der Waals surface area contributed by atoms with Crippen LogP contribution >= 0.6 is 11.8 Å². The van der Waals surface area contributed by atoms with Gasteiger partial charge in [0.25, 0.3) is 0 Å². The van der Waals surface area contributed by atoms with Crippen LogP contribution in [0, 0.1) is 5.92 Å². The van der Waals surface area contributed by atoms with Gasteiger partial charge in [0.1, 0.15) is 0 Å². The molecule has 0 saturated carbocycles. The smallest absolute Gasteiger partial charge is 0.233 e. The third-order valence-corrected chi connectivity index (χ3v) is 4.00. The minimum Gasteiger partial charge on any atom is -0.396 e. The monoisotopic (exact) mass is 267 g/mol. The van der Waals surface area contributed by atoms with Gasteiger partial charge >= 0.3 is 0 Å². The number of aliphatic hydroxyl groups is 1. The first kappa shape index (κ1) is 15.1. The first-order valence-corrected chi connectivity index (χ1v) is 7.15. The number of carbonyl (C=O) groups excluding carboxylic acids is 1. The summed E-state index contributed by atoms with van der Waals surface area (Å²) in [5.74, 6) is 0.153. The molecular weight excluding hydrogens is 246 g/mol. The molecule has 3 nitrogen and oxygen atoms in total. The standard InChI is InChI=1S/C14H21NO2S/c1-3-13(14(17)15-9-11(2)10-16)18-12-7-5-4-6-8-12/h4-8,11,13,16H,3,9-10H2,1-2H3,(H,15,17). The van der Waals surface area contributed by atoms with E-state index >= 15 is 0 Å². The minimum absolute atomic E-state index is 0.0478. The van der Waals surface area contributed by atoms with Crippen molar-refractivity contribution in [1.29, 1.82) is 0 Å². The zero-order chi connectivity index (χ0) is 13.4. The van der Waals surface area contributed by atoms with Gasteiger partial charge in [-0.15, -0.1) is 11.8 Å². The van der Waals surface area contributed by atoms with E-state index in [1.807, 2.05) is 44.2 Å². The number of carbonyl (C=O) groups is 1. The Morgan fingerprint density at radius 1 is 1.39 bits per heavy atom. The Morgan fingerprint density at radius 2 is 2.06 bits per heavy atom. The molecule has 1 aromatic carbocycles. The van der Waals surface area contributed by atoms with Crippen LogP contribution in [0.5, 0.6) is 0 Å². The van der Waals surface area contributed by atoms with Crippen LogP contribution in [-0.4, -0.2) is 29.4 Å². The van der Waals surface area contributed by atoms with Crippen molar-refractivity contribution in [3.63, 3.8) is 0 Å². The summed E-state index contributed by atoms with van der Waals surface area (Å²) in [5.41, 5.74) is 0. The molecule has 0 aliphatic rings. The van der Waals surface area contributed by atoms with Crippen LogP contribution in [0.2, 0.25) is 0 Å². The van der Waals surface area contributed by atoms with Crippen molar-refractivity contribution >= 4 is 17.7 Å². The van der Waals surface area contributed by atoms with Crippen LogP contribution in [0.1, 0.15) is 20.3 Å². The summed E-state index contributed by atoms with van der Waals surface area (Å²) >= 11 is 1.58. The van der Waals surface area contributed by atoms with E-state index < -0.39 is 0 Å². The lowest BCUT2D eigenvalue weighted by atomic mass is 10.2. The van der Waals surface area contributed by atoms with Gasteiger partial charge in [-0.1, -0.05) is 32.0 Å². The van der Waals surface area contributed by atoms with Crippen LogP contribution in [0.25, 0.3) is 0 Å². The molecule has 0 aliphatic heterocycles. The number of hydrogen-bond acceptors (Lipinski definition) is 3. The fraction of sp³-hybridized carbons (Fsp3) is 0.500. The molecule has 0 bridgehead atoms. The fourth-order valence-corrected chi connectivity index (χ4v) is 2.44. The second-order valence-electron chi connectivity index (χ2n) is 4.36. The maximum atomic E-state index is 12.0. The molecule has 1 rings (SSSR count). The first-order chi connectivity index (χ1) is 8.67. The average Bonchev–Trinajstić information content (AvgIpc) is 2.42. The highest BCUT2D eigenvalue weighted by Crippen LogP contribution is 2.25. The average molecular weight is 267 g/mol. The Kier molecular flexibility index (Phi) is 6.83. The molecule has 0 aliphatic carbocycles. The lowest BCUT2D eigenvalue weighted by Gasteiger charge is -2.16. The van der Waals surface area contributed by atoms with Gasteiger partial charge in [-0.2, -0.15) is 0 Å². The molecule has 2 atom stereocenters. The lowest BCUT2D eigenvalue weighted by molar-refractivity contribution is -0.120. The molecule has 2 unspecified atom stereocenters. The van der Waals surface area contributed by atoms with Gasteiger partial charge in [-0.3, -0.25) is 4.79 Å². The van der Waals surface area contributed by atoms with E-state index in [4.69, 9.17) is 5.11 Å². The highest BCUT2D eigenvalue weighted by molar-refractivity contribution is 8.00. The summed E-state index contributed by atoms with van der Waals surface area (Å²) in [6.45, 7) is 4.55. The first-order valence-electron chi connectivity index (χ1n) is 6.27. The van der Waals surface area contributed by atoms with E-state index in [9.17, 15) is 4.79 Å². The molecule has 0 aromatic heterocycles. The van der Waals surface area contributed by atoms with Crippen molar-refractivity contribution in [1.82, 2.24) is 5.32 Å². The SMILES string of the molecule is CCC(Sc1ccccc1)C(=O)NCC(C)CO. The zero-order valence-electron chi connectivity index (χ0n) is 10.9. The second kappa shape index (κ2) is 8.16. The summed E-state index contributed by atoms with van der Waals surface area (Å²) in [6.07, 6.45) is 0.791. The highest BCUT2D eigenvalue weighted by atomic mass is 32.2. The second-order valence-corrected chi connectivity index (χ2v) is 5.64. The molecule has 100 valence electrons. The topological polar surface area (TPSA) is 49.3 Å². The van der Waals surface area contributed by atoms with Crippen LogP contribution in [0.15, 0.2) is 35.2 Å². The number of amides is 1. The highest BCUT2D eigenvalue weighted by Gasteiger charge is 2.17. The normalized spacial score (nSPS) is 13.9. The Labute approximate surface area is 113 Å². The van der Waals surface area contributed by atoms with Crippen molar-refractivity contribution in [3.05, 3.63) is 30.3 Å². The van der Waals surface area contributed by atoms with Gasteiger partial charge in [-0.05, 0) is 24.5 Å². The molecule has 1 aromatic rings. The fourth-order valence-electron chi connectivity index (χ4n) is 1.44. The van der Waals surface area contributed by atoms with Crippen molar-refractivity contribution in [2.24, 2.45) is 5.92 Å². The van der Waals surface area contributed by atoms with Crippen LogP contribution in [-0.2, 0) is 4.79 Å². The molecule has 0 saturated heterocycles. The lowest BCUT2D eigenvalue weighted by Crippen LogP contribution is -2.35. The van der Waals surface area contributed by atoms with E-state index in [2.05, 4.69) is 5.32 Å². The van der Waals surface area contributed by atoms with E-state index in [1.165, 1.54) is 0 Å². The maximum absolute atomic E-state index is 12.0. The molecule has 1 amide bonds. The summed E-state index contributed by atoms with van der Waals surface area (Å²) in [6, 6.07) is 9.93. The Balaban J connectivity index is 2.48. The summed E-state index contributed by atoms with van der Waals surface area (Å²) < 4.78 is 0. The molecule has 0 radical (unpaired) electrons. The van der Waals surface area contributed by atoms with E-state index in [1.54, 1.807) is 11.8 Å². The van der Waals surface area contributed by atoms with Crippen LogP contribution < -0.4 is 5.32 Å². The van der Waals surface area contributed by atoms with Gasteiger partial charge in [0.15, 0.2) is 0 Å². The molecular formula is C14H21NO2S. The number of rotatable bonds is 7. The Bertz CT molecular complexity index is 356. The predicted octanol–water partition coefficient (Wildman–Crippen LogP) is 2.30.